The van der Waals surface area contributed by atoms with Crippen LogP contribution in [0.2, 0.25) is 0 Å². The molecule has 0 aliphatic carbocycles. The number of anilines is 1. The van der Waals surface area contributed by atoms with Gasteiger partial charge in [-0.1, -0.05) is 11.6 Å². The van der Waals surface area contributed by atoms with Crippen LogP contribution in [0.25, 0.3) is 10.2 Å². The van der Waals surface area contributed by atoms with Gasteiger partial charge in [0.05, 0.1) is 5.39 Å². The van der Waals surface area contributed by atoms with Gasteiger partial charge in [-0.2, -0.15) is 0 Å². The summed E-state index contributed by atoms with van der Waals surface area (Å²) in [5.74, 6) is 0.939. The number of aryl methyl sites for hydroxylation is 2. The highest BCUT2D eigenvalue weighted by molar-refractivity contribution is 7.18. The Hall–Kier alpha value is -1.42. The van der Waals surface area contributed by atoms with Crippen LogP contribution in [0, 0.1) is 13.8 Å². The van der Waals surface area contributed by atoms with Gasteiger partial charge in [0.2, 0.25) is 0 Å². The number of hydrogen-bond donors (Lipinski definition) is 1. The van der Waals surface area contributed by atoms with Crippen molar-refractivity contribution in [2.24, 2.45) is 0 Å². The summed E-state index contributed by atoms with van der Waals surface area (Å²) >= 11 is 1.73. The molecule has 90 valence electrons. The van der Waals surface area contributed by atoms with E-state index in [-0.39, 0.29) is 0 Å². The molecule has 3 nitrogen and oxygen atoms in total. The van der Waals surface area contributed by atoms with Crippen LogP contribution in [-0.4, -0.2) is 16.5 Å². The number of fused-ring (bicyclic) bond motifs is 1. The minimum Gasteiger partial charge on any atom is -0.366 e. The molecule has 17 heavy (non-hydrogen) atoms. The van der Waals surface area contributed by atoms with Gasteiger partial charge in [-0.05, 0) is 33.3 Å². The van der Waals surface area contributed by atoms with E-state index in [0.29, 0.717) is 0 Å². The highest BCUT2D eigenvalue weighted by atomic mass is 32.1. The Morgan fingerprint density at radius 2 is 2.12 bits per heavy atom. The summed E-state index contributed by atoms with van der Waals surface area (Å²) in [5, 5.41) is 4.52. The van der Waals surface area contributed by atoms with Gasteiger partial charge in [-0.25, -0.2) is 9.97 Å². The quantitative estimate of drug-likeness (QED) is 0.841. The molecular weight excluding hydrogens is 230 g/mol. The van der Waals surface area contributed by atoms with E-state index in [1.165, 1.54) is 16.0 Å². The first-order valence-electron chi connectivity index (χ1n) is 5.67. The third-order valence-electron chi connectivity index (χ3n) is 2.75. The van der Waals surface area contributed by atoms with E-state index < -0.39 is 0 Å². The molecule has 0 unspecified atom stereocenters. The van der Waals surface area contributed by atoms with Crippen LogP contribution >= 0.6 is 11.3 Å². The zero-order chi connectivity index (χ0) is 12.4. The number of nitrogens with one attached hydrogen (secondary N) is 1. The molecule has 1 N–H and O–H groups in total. The van der Waals surface area contributed by atoms with Gasteiger partial charge in [0.1, 0.15) is 17.0 Å². The SMILES string of the molecule is CC(C)=CCNc1ncnc2sc(C)c(C)c12. The molecule has 0 saturated heterocycles. The lowest BCUT2D eigenvalue weighted by molar-refractivity contribution is 1.17. The van der Waals surface area contributed by atoms with Crippen LogP contribution < -0.4 is 5.32 Å². The predicted octanol–water partition coefficient (Wildman–Crippen LogP) is 3.69. The lowest BCUT2D eigenvalue weighted by Crippen LogP contribution is -2.02. The topological polar surface area (TPSA) is 37.8 Å². The Bertz CT molecular complexity index is 565. The van der Waals surface area contributed by atoms with E-state index in [1.807, 2.05) is 0 Å². The van der Waals surface area contributed by atoms with Crippen LogP contribution in [0.3, 0.4) is 0 Å². The van der Waals surface area contributed by atoms with Crippen LogP contribution in [0.5, 0.6) is 0 Å². The number of allylic oxidation sites excluding steroid dienone is 1. The monoisotopic (exact) mass is 247 g/mol. The summed E-state index contributed by atoms with van der Waals surface area (Å²) in [6.07, 6.45) is 3.78. The van der Waals surface area contributed by atoms with Crippen LogP contribution in [0.1, 0.15) is 24.3 Å². The van der Waals surface area contributed by atoms with Gasteiger partial charge in [-0.3, -0.25) is 0 Å². The van der Waals surface area contributed by atoms with E-state index >= 15 is 0 Å². The van der Waals surface area contributed by atoms with Crippen LogP contribution in [0.15, 0.2) is 18.0 Å². The standard InChI is InChI=1S/C13H17N3S/c1-8(2)5-6-14-12-11-9(3)10(4)17-13(11)16-7-15-12/h5,7H,6H2,1-4H3,(H,14,15,16). The Labute approximate surface area is 106 Å². The normalized spacial score (nSPS) is 10.6. The first-order valence-corrected chi connectivity index (χ1v) is 6.49. The summed E-state index contributed by atoms with van der Waals surface area (Å²) in [6, 6.07) is 0. The van der Waals surface area contributed by atoms with Crippen molar-refractivity contribution in [3.63, 3.8) is 0 Å². The Morgan fingerprint density at radius 3 is 2.82 bits per heavy atom. The fraction of sp³-hybridized carbons (Fsp3) is 0.385. The molecule has 0 fully saturated rings. The molecule has 0 aromatic carbocycles. The molecule has 2 heterocycles. The summed E-state index contributed by atoms with van der Waals surface area (Å²) in [7, 11) is 0. The van der Waals surface area contributed by atoms with Crippen molar-refractivity contribution in [1.82, 2.24) is 9.97 Å². The Kier molecular flexibility index (Phi) is 3.43. The molecule has 0 aliphatic rings. The number of hydrogen-bond acceptors (Lipinski definition) is 4. The molecule has 2 aromatic rings. The van der Waals surface area contributed by atoms with Crippen LogP contribution in [-0.2, 0) is 0 Å². The summed E-state index contributed by atoms with van der Waals surface area (Å²) in [4.78, 5) is 11.0. The molecule has 2 aromatic heterocycles. The van der Waals surface area contributed by atoms with E-state index in [1.54, 1.807) is 17.7 Å². The van der Waals surface area contributed by atoms with E-state index in [9.17, 15) is 0 Å². The zero-order valence-corrected chi connectivity index (χ0v) is 11.5. The Balaban J connectivity index is 2.37. The molecule has 0 atom stereocenters. The van der Waals surface area contributed by atoms with Crippen LogP contribution in [0.4, 0.5) is 5.82 Å². The molecule has 0 amide bonds. The largest absolute Gasteiger partial charge is 0.366 e. The van der Waals surface area contributed by atoms with Crippen molar-refractivity contribution in [3.8, 4) is 0 Å². The molecule has 0 radical (unpaired) electrons. The summed E-state index contributed by atoms with van der Waals surface area (Å²) < 4.78 is 0. The van der Waals surface area contributed by atoms with Gasteiger partial charge in [-0.15, -0.1) is 11.3 Å². The maximum absolute atomic E-state index is 4.33. The average molecular weight is 247 g/mol. The fourth-order valence-corrected chi connectivity index (χ4v) is 2.67. The van der Waals surface area contributed by atoms with Crippen molar-refractivity contribution < 1.29 is 0 Å². The first kappa shape index (κ1) is 12.0. The molecule has 0 aliphatic heterocycles. The minimum absolute atomic E-state index is 0.808. The fourth-order valence-electron chi connectivity index (χ4n) is 1.67. The average Bonchev–Trinajstić information content (AvgIpc) is 2.55. The first-order chi connectivity index (χ1) is 8.09. The number of aromatic nitrogens is 2. The number of rotatable bonds is 3. The van der Waals surface area contributed by atoms with Crippen molar-refractivity contribution in [2.45, 2.75) is 27.7 Å². The van der Waals surface area contributed by atoms with Gasteiger partial charge in [0.15, 0.2) is 0 Å². The number of nitrogens with zero attached hydrogens (tertiary/aromatic N) is 2. The van der Waals surface area contributed by atoms with Gasteiger partial charge < -0.3 is 5.32 Å². The molecular formula is C13H17N3S. The van der Waals surface area contributed by atoms with Crippen molar-refractivity contribution >= 4 is 27.4 Å². The Morgan fingerprint density at radius 1 is 1.35 bits per heavy atom. The highest BCUT2D eigenvalue weighted by Crippen LogP contribution is 2.32. The predicted molar refractivity (Wildman–Crippen MR) is 74.8 cm³/mol. The molecule has 0 spiro atoms. The smallest absolute Gasteiger partial charge is 0.138 e. The van der Waals surface area contributed by atoms with E-state index in [0.717, 1.165) is 22.6 Å². The van der Waals surface area contributed by atoms with E-state index in [2.05, 4.69) is 49.1 Å². The maximum atomic E-state index is 4.33. The van der Waals surface area contributed by atoms with Crippen molar-refractivity contribution in [1.29, 1.82) is 0 Å². The van der Waals surface area contributed by atoms with Gasteiger partial charge in [0.25, 0.3) is 0 Å². The second-order valence-electron chi connectivity index (χ2n) is 4.35. The third kappa shape index (κ3) is 2.47. The third-order valence-corrected chi connectivity index (χ3v) is 3.86. The second kappa shape index (κ2) is 4.84. The molecule has 0 saturated carbocycles. The van der Waals surface area contributed by atoms with Gasteiger partial charge in [0, 0.05) is 11.4 Å². The maximum Gasteiger partial charge on any atom is 0.138 e. The second-order valence-corrected chi connectivity index (χ2v) is 5.55. The zero-order valence-electron chi connectivity index (χ0n) is 10.7. The highest BCUT2D eigenvalue weighted by Gasteiger charge is 2.10. The van der Waals surface area contributed by atoms with Crippen molar-refractivity contribution in [3.05, 3.63) is 28.4 Å². The lowest BCUT2D eigenvalue weighted by atomic mass is 10.2. The number of thiophene rings is 1. The van der Waals surface area contributed by atoms with Crippen molar-refractivity contribution in [2.75, 3.05) is 11.9 Å². The summed E-state index contributed by atoms with van der Waals surface area (Å²) in [6.45, 7) is 9.25. The molecule has 4 heteroatoms. The summed E-state index contributed by atoms with van der Waals surface area (Å²) in [5.41, 5.74) is 2.59. The van der Waals surface area contributed by atoms with E-state index in [4.69, 9.17) is 0 Å². The minimum atomic E-state index is 0.808. The lowest BCUT2D eigenvalue weighted by Gasteiger charge is -2.04. The molecule has 2 rings (SSSR count). The molecule has 0 bridgehead atoms. The van der Waals surface area contributed by atoms with Gasteiger partial charge >= 0.3 is 0 Å².